The number of hydroxylamine groups is 1. The predicted octanol–water partition coefficient (Wildman–Crippen LogP) is 1.01. The first-order valence-electron chi connectivity index (χ1n) is 5.70. The van der Waals surface area contributed by atoms with Crippen LogP contribution in [0.25, 0.3) is 0 Å². The van der Waals surface area contributed by atoms with Crippen LogP contribution in [0.3, 0.4) is 0 Å². The van der Waals surface area contributed by atoms with Crippen LogP contribution in [-0.4, -0.2) is 47.9 Å². The predicted molar refractivity (Wildman–Crippen MR) is 62.6 cm³/mol. The van der Waals surface area contributed by atoms with E-state index in [1.165, 1.54) is 0 Å². The first kappa shape index (κ1) is 14.8. The molecular formula is C11H26N2O2. The largest absolute Gasteiger partial charge is 0.390 e. The molecule has 15 heavy (non-hydrogen) atoms. The van der Waals surface area contributed by atoms with Gasteiger partial charge in [0.05, 0.1) is 11.7 Å². The Morgan fingerprint density at radius 2 is 1.80 bits per heavy atom. The van der Waals surface area contributed by atoms with Gasteiger partial charge in [-0.1, -0.05) is 13.8 Å². The van der Waals surface area contributed by atoms with E-state index < -0.39 is 0 Å². The van der Waals surface area contributed by atoms with E-state index in [2.05, 4.69) is 24.2 Å². The number of aliphatic hydroxyl groups excluding tert-OH is 1. The summed E-state index contributed by atoms with van der Waals surface area (Å²) in [7, 11) is 0. The van der Waals surface area contributed by atoms with Gasteiger partial charge in [-0.15, -0.1) is 0 Å². The smallest absolute Gasteiger partial charge is 0.0814 e. The van der Waals surface area contributed by atoms with E-state index in [0.29, 0.717) is 13.1 Å². The van der Waals surface area contributed by atoms with Gasteiger partial charge in [-0.25, -0.2) is 0 Å². The molecule has 0 rings (SSSR count). The Morgan fingerprint density at radius 3 is 2.20 bits per heavy atom. The van der Waals surface area contributed by atoms with Crippen molar-refractivity contribution in [3.8, 4) is 0 Å². The van der Waals surface area contributed by atoms with Crippen molar-refractivity contribution in [2.24, 2.45) is 0 Å². The van der Waals surface area contributed by atoms with Crippen LogP contribution < -0.4 is 5.48 Å². The first-order chi connectivity index (χ1) is 6.89. The highest BCUT2D eigenvalue weighted by Gasteiger charge is 2.12. The average Bonchev–Trinajstić information content (AvgIpc) is 2.12. The number of nitrogens with zero attached hydrogens (tertiary/aromatic N) is 1. The lowest BCUT2D eigenvalue weighted by atomic mass is 10.2. The molecule has 0 saturated heterocycles. The molecule has 0 aliphatic carbocycles. The van der Waals surface area contributed by atoms with E-state index in [-0.39, 0.29) is 11.7 Å². The minimum atomic E-state index is -0.382. The number of hydrogen-bond donors (Lipinski definition) is 2. The van der Waals surface area contributed by atoms with Crippen molar-refractivity contribution >= 4 is 0 Å². The van der Waals surface area contributed by atoms with Crippen LogP contribution in [0.4, 0.5) is 0 Å². The molecule has 0 saturated carbocycles. The zero-order valence-corrected chi connectivity index (χ0v) is 10.7. The molecule has 4 heteroatoms. The third-order valence-corrected chi connectivity index (χ3v) is 2.06. The molecule has 0 radical (unpaired) electrons. The molecule has 0 bridgehead atoms. The summed E-state index contributed by atoms with van der Waals surface area (Å²) in [5, 5.41) is 9.69. The Balaban J connectivity index is 3.61. The normalized spacial score (nSPS) is 14.6. The number of likely N-dealkylation sites (N-methyl/N-ethyl adjacent to an activating group) is 1. The lowest BCUT2D eigenvalue weighted by Crippen LogP contribution is -2.40. The first-order valence-corrected chi connectivity index (χ1v) is 5.70. The van der Waals surface area contributed by atoms with Crippen LogP contribution in [0.1, 0.15) is 34.6 Å². The van der Waals surface area contributed by atoms with Gasteiger partial charge in [0.2, 0.25) is 0 Å². The Bertz CT molecular complexity index is 153. The standard InChI is InChI=1S/C11H26N2O2/c1-6-13(7-2)9-10(14)8-12-15-11(3,4)5/h10,12,14H,6-9H2,1-5H3. The van der Waals surface area contributed by atoms with Crippen molar-refractivity contribution in [1.29, 1.82) is 0 Å². The van der Waals surface area contributed by atoms with E-state index in [0.717, 1.165) is 13.1 Å². The van der Waals surface area contributed by atoms with Gasteiger partial charge in [0.1, 0.15) is 0 Å². The van der Waals surface area contributed by atoms with Crippen molar-refractivity contribution in [3.05, 3.63) is 0 Å². The van der Waals surface area contributed by atoms with Crippen LogP contribution in [0.5, 0.6) is 0 Å². The molecule has 0 aliphatic rings. The van der Waals surface area contributed by atoms with Gasteiger partial charge in [0, 0.05) is 13.1 Å². The summed E-state index contributed by atoms with van der Waals surface area (Å²) in [5.41, 5.74) is 2.59. The maximum atomic E-state index is 9.69. The van der Waals surface area contributed by atoms with Crippen LogP contribution in [0, 0.1) is 0 Å². The fourth-order valence-corrected chi connectivity index (χ4v) is 1.20. The Hall–Kier alpha value is -0.160. The second kappa shape index (κ2) is 7.17. The van der Waals surface area contributed by atoms with Crippen molar-refractivity contribution in [1.82, 2.24) is 10.4 Å². The molecule has 2 N–H and O–H groups in total. The van der Waals surface area contributed by atoms with Crippen molar-refractivity contribution in [2.45, 2.75) is 46.3 Å². The summed E-state index contributed by atoms with van der Waals surface area (Å²) in [6.07, 6.45) is -0.382. The van der Waals surface area contributed by atoms with Crippen molar-refractivity contribution in [3.63, 3.8) is 0 Å². The van der Waals surface area contributed by atoms with Gasteiger partial charge in [0.15, 0.2) is 0 Å². The van der Waals surface area contributed by atoms with Crippen molar-refractivity contribution in [2.75, 3.05) is 26.2 Å². The molecule has 1 unspecified atom stereocenters. The summed E-state index contributed by atoms with van der Waals surface area (Å²) in [4.78, 5) is 7.50. The van der Waals surface area contributed by atoms with Crippen LogP contribution in [0.2, 0.25) is 0 Å². The van der Waals surface area contributed by atoms with E-state index in [9.17, 15) is 5.11 Å². The fraction of sp³-hybridized carbons (Fsp3) is 1.00. The molecule has 0 aromatic rings. The minimum absolute atomic E-state index is 0.213. The molecule has 0 fully saturated rings. The van der Waals surface area contributed by atoms with Crippen LogP contribution >= 0.6 is 0 Å². The number of nitrogens with one attached hydrogen (secondary N) is 1. The molecule has 0 aromatic heterocycles. The highest BCUT2D eigenvalue weighted by molar-refractivity contribution is 4.64. The molecule has 0 spiro atoms. The lowest BCUT2D eigenvalue weighted by molar-refractivity contribution is -0.0848. The summed E-state index contributed by atoms with van der Waals surface area (Å²) < 4.78 is 0. The van der Waals surface area contributed by atoms with E-state index in [1.807, 2.05) is 20.8 Å². The topological polar surface area (TPSA) is 44.7 Å². The van der Waals surface area contributed by atoms with Gasteiger partial charge < -0.3 is 10.0 Å². The maximum Gasteiger partial charge on any atom is 0.0814 e. The molecular weight excluding hydrogens is 192 g/mol. The molecule has 92 valence electrons. The van der Waals surface area contributed by atoms with Gasteiger partial charge >= 0.3 is 0 Å². The third-order valence-electron chi connectivity index (χ3n) is 2.06. The van der Waals surface area contributed by atoms with E-state index >= 15 is 0 Å². The Labute approximate surface area is 93.6 Å². The van der Waals surface area contributed by atoms with Crippen LogP contribution in [0.15, 0.2) is 0 Å². The zero-order valence-electron chi connectivity index (χ0n) is 10.7. The summed E-state index contributed by atoms with van der Waals surface area (Å²) in [5.74, 6) is 0. The zero-order chi connectivity index (χ0) is 11.9. The van der Waals surface area contributed by atoms with Crippen LogP contribution in [-0.2, 0) is 4.84 Å². The number of hydrogen-bond acceptors (Lipinski definition) is 4. The van der Waals surface area contributed by atoms with Gasteiger partial charge in [0.25, 0.3) is 0 Å². The second-order valence-electron chi connectivity index (χ2n) is 4.70. The molecule has 0 amide bonds. The highest BCUT2D eigenvalue weighted by Crippen LogP contribution is 2.03. The average molecular weight is 218 g/mol. The molecule has 0 aliphatic heterocycles. The van der Waals surface area contributed by atoms with Crippen molar-refractivity contribution < 1.29 is 9.94 Å². The second-order valence-corrected chi connectivity index (χ2v) is 4.70. The quantitative estimate of drug-likeness (QED) is 0.626. The summed E-state index contributed by atoms with van der Waals surface area (Å²) in [6, 6.07) is 0. The molecule has 4 nitrogen and oxygen atoms in total. The monoisotopic (exact) mass is 218 g/mol. The van der Waals surface area contributed by atoms with Gasteiger partial charge in [-0.2, -0.15) is 5.48 Å². The van der Waals surface area contributed by atoms with E-state index in [1.54, 1.807) is 0 Å². The lowest BCUT2D eigenvalue weighted by Gasteiger charge is -2.24. The van der Waals surface area contributed by atoms with Gasteiger partial charge in [-0.05, 0) is 33.9 Å². The summed E-state index contributed by atoms with van der Waals surface area (Å²) >= 11 is 0. The third kappa shape index (κ3) is 8.81. The molecule has 1 atom stereocenters. The summed E-state index contributed by atoms with van der Waals surface area (Å²) in [6.45, 7) is 13.2. The fourth-order valence-electron chi connectivity index (χ4n) is 1.20. The van der Waals surface area contributed by atoms with Gasteiger partial charge in [-0.3, -0.25) is 4.84 Å². The SMILES string of the molecule is CCN(CC)CC(O)CNOC(C)(C)C. The Morgan fingerprint density at radius 1 is 1.27 bits per heavy atom. The number of aliphatic hydroxyl groups is 1. The molecule has 0 heterocycles. The number of rotatable bonds is 7. The minimum Gasteiger partial charge on any atom is -0.390 e. The van der Waals surface area contributed by atoms with E-state index in [4.69, 9.17) is 4.84 Å². The molecule has 0 aromatic carbocycles. The highest BCUT2D eigenvalue weighted by atomic mass is 16.7. The maximum absolute atomic E-state index is 9.69. The Kier molecular flexibility index (Phi) is 7.09.